The lowest BCUT2D eigenvalue weighted by molar-refractivity contribution is -0.120. The first-order valence-electron chi connectivity index (χ1n) is 6.41. The Balaban J connectivity index is 2.33. The van der Waals surface area contributed by atoms with Crippen molar-refractivity contribution in [1.29, 1.82) is 0 Å². The third kappa shape index (κ3) is 3.23. The molecule has 0 unspecified atom stereocenters. The number of carboxylic acids is 1. The number of benzene rings is 1. The predicted octanol–water partition coefficient (Wildman–Crippen LogP) is 2.94. The highest BCUT2D eigenvalue weighted by Crippen LogP contribution is 2.33. The smallest absolute Gasteiger partial charge is 0.339 e. The minimum atomic E-state index is -1.20. The molecule has 5 heteroatoms. The summed E-state index contributed by atoms with van der Waals surface area (Å²) in [4.78, 5) is 27.0. The molecular weight excluding hydrogens is 258 g/mol. The van der Waals surface area contributed by atoms with E-state index >= 15 is 0 Å². The first-order valence-corrected chi connectivity index (χ1v) is 6.41. The summed E-state index contributed by atoms with van der Waals surface area (Å²) in [5, 5.41) is 18.4. The Morgan fingerprint density at radius 2 is 2.00 bits per heavy atom. The zero-order valence-electron chi connectivity index (χ0n) is 11.5. The Hall–Kier alpha value is -2.17. The van der Waals surface area contributed by atoms with E-state index in [4.69, 9.17) is 5.11 Å². The number of aromatic hydroxyl groups is 1. The number of nitrogens with zero attached hydrogens (tertiary/aromatic N) is 1. The van der Waals surface area contributed by atoms with Crippen LogP contribution in [-0.2, 0) is 4.79 Å². The third-order valence-corrected chi connectivity index (χ3v) is 3.26. The topological polar surface area (TPSA) is 87.0 Å². The molecule has 0 aliphatic heterocycles. The second-order valence-corrected chi connectivity index (χ2v) is 5.92. The largest absolute Gasteiger partial charge is 0.507 e. The molecule has 0 amide bonds. The van der Waals surface area contributed by atoms with Gasteiger partial charge in [-0.2, -0.15) is 0 Å². The summed E-state index contributed by atoms with van der Waals surface area (Å²) in [7, 11) is 0. The fourth-order valence-electron chi connectivity index (χ4n) is 2.53. The molecule has 106 valence electrons. The minimum absolute atomic E-state index is 0.110. The molecule has 0 saturated heterocycles. The van der Waals surface area contributed by atoms with Crippen LogP contribution in [0.1, 0.15) is 43.5 Å². The molecule has 0 atom stereocenters. The van der Waals surface area contributed by atoms with E-state index < -0.39 is 5.97 Å². The van der Waals surface area contributed by atoms with Crippen LogP contribution in [-0.4, -0.2) is 27.7 Å². The Labute approximate surface area is 117 Å². The van der Waals surface area contributed by atoms with Crippen molar-refractivity contribution in [3.63, 3.8) is 0 Å². The number of aliphatic imine (C=N–C) groups is 1. The molecule has 20 heavy (non-hydrogen) atoms. The molecule has 2 N–H and O–H groups in total. The highest BCUT2D eigenvalue weighted by atomic mass is 16.4. The van der Waals surface area contributed by atoms with Crippen LogP contribution < -0.4 is 0 Å². The molecule has 1 aromatic rings. The van der Waals surface area contributed by atoms with Crippen LogP contribution >= 0.6 is 0 Å². The Morgan fingerprint density at radius 3 is 2.60 bits per heavy atom. The van der Waals surface area contributed by atoms with Gasteiger partial charge in [0.1, 0.15) is 17.1 Å². The Kier molecular flexibility index (Phi) is 3.61. The van der Waals surface area contributed by atoms with Crippen molar-refractivity contribution in [2.24, 2.45) is 10.4 Å². The van der Waals surface area contributed by atoms with Gasteiger partial charge in [0.05, 0.1) is 5.69 Å². The molecule has 0 radical (unpaired) electrons. The molecular formula is C15H17NO4. The summed E-state index contributed by atoms with van der Waals surface area (Å²) in [6.45, 7) is 4.03. The van der Waals surface area contributed by atoms with Gasteiger partial charge >= 0.3 is 5.97 Å². The van der Waals surface area contributed by atoms with Gasteiger partial charge < -0.3 is 10.2 Å². The van der Waals surface area contributed by atoms with E-state index in [1.807, 2.05) is 13.8 Å². The molecule has 0 spiro atoms. The van der Waals surface area contributed by atoms with E-state index in [0.29, 0.717) is 24.9 Å². The van der Waals surface area contributed by atoms with Crippen molar-refractivity contribution in [3.05, 3.63) is 23.8 Å². The van der Waals surface area contributed by atoms with Crippen LogP contribution in [0.5, 0.6) is 5.75 Å². The molecule has 5 nitrogen and oxygen atoms in total. The van der Waals surface area contributed by atoms with E-state index in [1.165, 1.54) is 12.1 Å². The molecule has 1 aliphatic carbocycles. The molecule has 2 rings (SSSR count). The van der Waals surface area contributed by atoms with E-state index in [0.717, 1.165) is 5.71 Å². The lowest BCUT2D eigenvalue weighted by Gasteiger charge is -2.29. The van der Waals surface area contributed by atoms with Crippen LogP contribution in [0, 0.1) is 5.41 Å². The number of carbonyl (C=O) groups excluding carboxylic acids is 1. The standard InChI is InChI=1S/C15H17NO4/c1-15(2)7-10(5-11(17)8-15)16-9-3-4-13(18)12(6-9)14(19)20/h3-4,6,18H,5,7-8H2,1-2H3,(H,19,20). The second kappa shape index (κ2) is 5.07. The number of phenols is 1. The molecule has 1 aliphatic rings. The van der Waals surface area contributed by atoms with Gasteiger partial charge in [0.2, 0.25) is 0 Å². The fraction of sp³-hybridized carbons (Fsp3) is 0.400. The van der Waals surface area contributed by atoms with Crippen molar-refractivity contribution in [1.82, 2.24) is 0 Å². The number of ketones is 1. The van der Waals surface area contributed by atoms with Crippen LogP contribution in [0.2, 0.25) is 0 Å². The lowest BCUT2D eigenvalue weighted by Crippen LogP contribution is -2.28. The molecule has 1 aromatic carbocycles. The van der Waals surface area contributed by atoms with E-state index in [2.05, 4.69) is 4.99 Å². The second-order valence-electron chi connectivity index (χ2n) is 5.92. The molecule has 1 saturated carbocycles. The van der Waals surface area contributed by atoms with Gasteiger partial charge in [-0.05, 0) is 30.0 Å². The van der Waals surface area contributed by atoms with Gasteiger partial charge in [0, 0.05) is 18.6 Å². The first kappa shape index (κ1) is 14.2. The van der Waals surface area contributed by atoms with Crippen molar-refractivity contribution in [3.8, 4) is 5.75 Å². The molecule has 0 bridgehead atoms. The summed E-state index contributed by atoms with van der Waals surface area (Å²) in [5.41, 5.74) is 0.906. The number of rotatable bonds is 2. The Morgan fingerprint density at radius 1 is 1.30 bits per heavy atom. The van der Waals surface area contributed by atoms with Crippen molar-refractivity contribution >= 4 is 23.2 Å². The van der Waals surface area contributed by atoms with Crippen molar-refractivity contribution in [2.75, 3.05) is 0 Å². The van der Waals surface area contributed by atoms with Gasteiger partial charge in [-0.25, -0.2) is 4.79 Å². The quantitative estimate of drug-likeness (QED) is 0.868. The zero-order chi connectivity index (χ0) is 14.9. The summed E-state index contributed by atoms with van der Waals surface area (Å²) < 4.78 is 0. The summed E-state index contributed by atoms with van der Waals surface area (Å²) in [6, 6.07) is 4.16. The number of carboxylic acid groups (broad SMARTS) is 1. The number of hydrogen-bond donors (Lipinski definition) is 2. The van der Waals surface area contributed by atoms with Crippen LogP contribution in [0.4, 0.5) is 5.69 Å². The van der Waals surface area contributed by atoms with Crippen LogP contribution in [0.15, 0.2) is 23.2 Å². The van der Waals surface area contributed by atoms with Gasteiger partial charge in [-0.1, -0.05) is 13.8 Å². The zero-order valence-corrected chi connectivity index (χ0v) is 11.5. The summed E-state index contributed by atoms with van der Waals surface area (Å²) >= 11 is 0. The monoisotopic (exact) mass is 275 g/mol. The Bertz CT molecular complexity index is 602. The normalized spacial score (nSPS) is 20.1. The molecule has 0 heterocycles. The first-order chi connectivity index (χ1) is 9.27. The summed E-state index contributed by atoms with van der Waals surface area (Å²) in [5.74, 6) is -1.34. The summed E-state index contributed by atoms with van der Waals surface area (Å²) in [6.07, 6.45) is 1.57. The minimum Gasteiger partial charge on any atom is -0.507 e. The predicted molar refractivity (Wildman–Crippen MR) is 74.8 cm³/mol. The van der Waals surface area contributed by atoms with Gasteiger partial charge in [0.25, 0.3) is 0 Å². The van der Waals surface area contributed by atoms with E-state index in [1.54, 1.807) is 6.07 Å². The molecule has 0 aromatic heterocycles. The van der Waals surface area contributed by atoms with Crippen molar-refractivity contribution < 1.29 is 19.8 Å². The maximum absolute atomic E-state index is 11.7. The highest BCUT2D eigenvalue weighted by Gasteiger charge is 2.30. The van der Waals surface area contributed by atoms with E-state index in [-0.39, 0.29) is 22.5 Å². The fourth-order valence-corrected chi connectivity index (χ4v) is 2.53. The lowest BCUT2D eigenvalue weighted by atomic mass is 9.76. The number of Topliss-reactive ketones (excluding diaryl/α,β-unsaturated/α-hetero) is 1. The van der Waals surface area contributed by atoms with Gasteiger partial charge in [0.15, 0.2) is 0 Å². The van der Waals surface area contributed by atoms with E-state index in [9.17, 15) is 14.7 Å². The number of aromatic carboxylic acids is 1. The average molecular weight is 275 g/mol. The molecule has 1 fully saturated rings. The van der Waals surface area contributed by atoms with Crippen molar-refractivity contribution in [2.45, 2.75) is 33.1 Å². The maximum atomic E-state index is 11.7. The van der Waals surface area contributed by atoms with Gasteiger partial charge in [-0.3, -0.25) is 9.79 Å². The highest BCUT2D eigenvalue weighted by molar-refractivity contribution is 6.05. The third-order valence-electron chi connectivity index (χ3n) is 3.26. The number of hydrogen-bond acceptors (Lipinski definition) is 4. The SMILES string of the molecule is CC1(C)CC(=O)CC(=Nc2ccc(O)c(C(=O)O)c2)C1. The van der Waals surface area contributed by atoms with Crippen LogP contribution in [0.25, 0.3) is 0 Å². The average Bonchev–Trinajstić information content (AvgIpc) is 2.28. The van der Waals surface area contributed by atoms with Crippen LogP contribution in [0.3, 0.4) is 0 Å². The van der Waals surface area contributed by atoms with Gasteiger partial charge in [-0.15, -0.1) is 0 Å². The maximum Gasteiger partial charge on any atom is 0.339 e. The number of carbonyl (C=O) groups is 2.